The first-order valence-electron chi connectivity index (χ1n) is 4.74. The third-order valence-electron chi connectivity index (χ3n) is 2.40. The molecule has 12 heavy (non-hydrogen) atoms. The van der Waals surface area contributed by atoms with Crippen molar-refractivity contribution in [3.63, 3.8) is 0 Å². The first-order chi connectivity index (χ1) is 5.47. The van der Waals surface area contributed by atoms with Crippen LogP contribution in [-0.2, 0) is 0 Å². The van der Waals surface area contributed by atoms with Gasteiger partial charge in [-0.15, -0.1) is 0 Å². The van der Waals surface area contributed by atoms with Crippen molar-refractivity contribution in [2.75, 3.05) is 19.8 Å². The topological polar surface area (TPSA) is 12.0 Å². The van der Waals surface area contributed by atoms with Crippen LogP contribution >= 0.6 is 0 Å². The summed E-state index contributed by atoms with van der Waals surface area (Å²) in [4.78, 5) is 0. The summed E-state index contributed by atoms with van der Waals surface area (Å²) in [6.45, 7) is 8.26. The van der Waals surface area contributed by atoms with Gasteiger partial charge in [0, 0.05) is 18.5 Å². The lowest BCUT2D eigenvalue weighted by molar-refractivity contribution is 0.301. The molecule has 1 aliphatic rings. The summed E-state index contributed by atoms with van der Waals surface area (Å²) in [5.41, 5.74) is 0.345. The quantitative estimate of drug-likeness (QED) is 0.688. The average molecular weight is 173 g/mol. The number of halogens is 1. The van der Waals surface area contributed by atoms with E-state index >= 15 is 0 Å². The average Bonchev–Trinajstić information content (AvgIpc) is 2.67. The van der Waals surface area contributed by atoms with Gasteiger partial charge in [-0.2, -0.15) is 0 Å². The van der Waals surface area contributed by atoms with E-state index in [0.29, 0.717) is 5.41 Å². The molecule has 0 atom stereocenters. The molecule has 0 unspecified atom stereocenters. The Kier molecular flexibility index (Phi) is 2.77. The zero-order chi connectivity index (χ0) is 9.24. The number of rotatable bonds is 4. The predicted molar refractivity (Wildman–Crippen MR) is 50.0 cm³/mol. The molecule has 0 aliphatic heterocycles. The highest BCUT2D eigenvalue weighted by atomic mass is 19.1. The van der Waals surface area contributed by atoms with Crippen LogP contribution in [0.15, 0.2) is 0 Å². The first-order valence-corrected chi connectivity index (χ1v) is 4.74. The second-order valence-electron chi connectivity index (χ2n) is 5.30. The minimum absolute atomic E-state index is 0.0330. The van der Waals surface area contributed by atoms with E-state index < -0.39 is 0 Å². The van der Waals surface area contributed by atoms with E-state index in [1.165, 1.54) is 0 Å². The molecule has 1 rings (SSSR count). The van der Waals surface area contributed by atoms with Crippen molar-refractivity contribution in [3.05, 3.63) is 0 Å². The summed E-state index contributed by atoms with van der Waals surface area (Å²) in [6, 6.07) is 0. The Morgan fingerprint density at radius 1 is 1.33 bits per heavy atom. The van der Waals surface area contributed by atoms with Crippen LogP contribution in [0, 0.1) is 10.8 Å². The van der Waals surface area contributed by atoms with E-state index in [1.807, 2.05) is 0 Å². The Morgan fingerprint density at radius 3 is 2.25 bits per heavy atom. The van der Waals surface area contributed by atoms with E-state index in [4.69, 9.17) is 0 Å². The summed E-state index contributed by atoms with van der Waals surface area (Å²) < 4.78 is 12.4. The Morgan fingerprint density at radius 2 is 1.92 bits per heavy atom. The van der Waals surface area contributed by atoms with Gasteiger partial charge in [0.1, 0.15) is 0 Å². The molecule has 1 N–H and O–H groups in total. The second-order valence-corrected chi connectivity index (χ2v) is 5.30. The van der Waals surface area contributed by atoms with Crippen LogP contribution in [0.3, 0.4) is 0 Å². The summed E-state index contributed by atoms with van der Waals surface area (Å²) in [7, 11) is 0. The SMILES string of the molecule is CC(C)(C)CNCC1(CF)CC1. The highest BCUT2D eigenvalue weighted by molar-refractivity contribution is 4.94. The van der Waals surface area contributed by atoms with Gasteiger partial charge in [-0.1, -0.05) is 20.8 Å². The molecular formula is C10H20FN. The van der Waals surface area contributed by atoms with Crippen LogP contribution in [0.1, 0.15) is 33.6 Å². The van der Waals surface area contributed by atoms with Crippen molar-refractivity contribution in [3.8, 4) is 0 Å². The number of nitrogens with one attached hydrogen (secondary N) is 1. The Hall–Kier alpha value is -0.110. The molecule has 0 amide bonds. The fraction of sp³-hybridized carbons (Fsp3) is 1.00. The van der Waals surface area contributed by atoms with Gasteiger partial charge >= 0.3 is 0 Å². The fourth-order valence-electron chi connectivity index (χ4n) is 1.24. The van der Waals surface area contributed by atoms with E-state index in [2.05, 4.69) is 26.1 Å². The van der Waals surface area contributed by atoms with Crippen LogP contribution in [0.4, 0.5) is 4.39 Å². The molecule has 0 radical (unpaired) electrons. The molecule has 1 aliphatic carbocycles. The van der Waals surface area contributed by atoms with Crippen molar-refractivity contribution in [1.82, 2.24) is 5.32 Å². The molecule has 0 saturated heterocycles. The number of hydrogen-bond donors (Lipinski definition) is 1. The predicted octanol–water partition coefficient (Wildman–Crippen LogP) is 2.37. The summed E-state index contributed by atoms with van der Waals surface area (Å²) in [5.74, 6) is 0. The minimum atomic E-state index is -0.149. The van der Waals surface area contributed by atoms with E-state index in [-0.39, 0.29) is 12.1 Å². The van der Waals surface area contributed by atoms with Crippen LogP contribution in [0.2, 0.25) is 0 Å². The smallest absolute Gasteiger partial charge is 0.0962 e. The zero-order valence-corrected chi connectivity index (χ0v) is 8.41. The molecule has 2 heteroatoms. The molecular weight excluding hydrogens is 153 g/mol. The van der Waals surface area contributed by atoms with Crippen molar-refractivity contribution in [1.29, 1.82) is 0 Å². The Balaban J connectivity index is 2.10. The summed E-state index contributed by atoms with van der Waals surface area (Å²) >= 11 is 0. The number of alkyl halides is 1. The summed E-state index contributed by atoms with van der Waals surface area (Å²) in [5, 5.41) is 3.34. The lowest BCUT2D eigenvalue weighted by atomic mass is 9.96. The van der Waals surface area contributed by atoms with Crippen LogP contribution in [0.5, 0.6) is 0 Å². The fourth-order valence-corrected chi connectivity index (χ4v) is 1.24. The Labute approximate surface area is 74.7 Å². The van der Waals surface area contributed by atoms with Crippen molar-refractivity contribution >= 4 is 0 Å². The molecule has 1 nitrogen and oxygen atoms in total. The maximum Gasteiger partial charge on any atom is 0.0962 e. The molecule has 0 aromatic carbocycles. The van der Waals surface area contributed by atoms with Gasteiger partial charge in [0.15, 0.2) is 0 Å². The van der Waals surface area contributed by atoms with Crippen LogP contribution < -0.4 is 5.32 Å². The van der Waals surface area contributed by atoms with Crippen molar-refractivity contribution < 1.29 is 4.39 Å². The second kappa shape index (κ2) is 3.33. The molecule has 1 saturated carbocycles. The Bertz CT molecular complexity index is 144. The first kappa shape index (κ1) is 9.97. The van der Waals surface area contributed by atoms with Gasteiger partial charge in [-0.25, -0.2) is 0 Å². The van der Waals surface area contributed by atoms with Gasteiger partial charge in [0.05, 0.1) is 6.67 Å². The molecule has 0 aromatic heterocycles. The molecule has 0 heterocycles. The standard InChI is InChI=1S/C10H20FN/c1-9(2,3)7-12-8-10(6-11)4-5-10/h12H,4-8H2,1-3H3. The third kappa shape index (κ3) is 3.10. The number of hydrogen-bond acceptors (Lipinski definition) is 1. The van der Waals surface area contributed by atoms with Crippen molar-refractivity contribution in [2.45, 2.75) is 33.6 Å². The lowest BCUT2D eigenvalue weighted by Gasteiger charge is -2.20. The monoisotopic (exact) mass is 173 g/mol. The zero-order valence-electron chi connectivity index (χ0n) is 8.41. The molecule has 0 bridgehead atoms. The van der Waals surface area contributed by atoms with Crippen molar-refractivity contribution in [2.24, 2.45) is 10.8 Å². The normalized spacial score (nSPS) is 21.0. The molecule has 1 fully saturated rings. The molecule has 0 spiro atoms. The van der Waals surface area contributed by atoms with E-state index in [0.717, 1.165) is 25.9 Å². The summed E-state index contributed by atoms with van der Waals surface area (Å²) in [6.07, 6.45) is 2.14. The minimum Gasteiger partial charge on any atom is -0.316 e. The maximum absolute atomic E-state index is 12.4. The van der Waals surface area contributed by atoms with Gasteiger partial charge < -0.3 is 5.32 Å². The highest BCUT2D eigenvalue weighted by Gasteiger charge is 2.42. The largest absolute Gasteiger partial charge is 0.316 e. The van der Waals surface area contributed by atoms with Gasteiger partial charge in [-0.3, -0.25) is 4.39 Å². The van der Waals surface area contributed by atoms with Crippen LogP contribution in [0.25, 0.3) is 0 Å². The molecule has 72 valence electrons. The van der Waals surface area contributed by atoms with E-state index in [1.54, 1.807) is 0 Å². The van der Waals surface area contributed by atoms with Gasteiger partial charge in [0.25, 0.3) is 0 Å². The van der Waals surface area contributed by atoms with Gasteiger partial charge in [0.2, 0.25) is 0 Å². The molecule has 0 aromatic rings. The highest BCUT2D eigenvalue weighted by Crippen LogP contribution is 2.45. The third-order valence-corrected chi connectivity index (χ3v) is 2.40. The maximum atomic E-state index is 12.4. The van der Waals surface area contributed by atoms with E-state index in [9.17, 15) is 4.39 Å². The van der Waals surface area contributed by atoms with Crippen LogP contribution in [-0.4, -0.2) is 19.8 Å². The van der Waals surface area contributed by atoms with Gasteiger partial charge in [-0.05, 0) is 18.3 Å². The lowest BCUT2D eigenvalue weighted by Crippen LogP contribution is -2.32.